The normalized spacial score (nSPS) is 17.8. The molecule has 0 bridgehead atoms. The number of benzene rings is 9. The van der Waals surface area contributed by atoms with Crippen LogP contribution in [0.4, 0.5) is 28.4 Å². The van der Waals surface area contributed by atoms with E-state index in [1.165, 1.54) is 112 Å². The minimum absolute atomic E-state index is 0.186. The minimum Gasteiger partial charge on any atom is -0.334 e. The smallest absolute Gasteiger partial charge is 0.0714 e. The molecule has 2 heteroatoms. The van der Waals surface area contributed by atoms with Crippen LogP contribution >= 0.6 is 0 Å². The number of hydrogen-bond acceptors (Lipinski definition) is 2. The van der Waals surface area contributed by atoms with E-state index in [4.69, 9.17) is 0 Å². The van der Waals surface area contributed by atoms with E-state index in [2.05, 4.69) is 280 Å². The molecule has 9 aromatic rings. The van der Waals surface area contributed by atoms with Crippen molar-refractivity contribution in [1.82, 2.24) is 0 Å². The van der Waals surface area contributed by atoms with Crippen molar-refractivity contribution >= 4 is 40.6 Å². The topological polar surface area (TPSA) is 6.48 Å². The van der Waals surface area contributed by atoms with Gasteiger partial charge >= 0.3 is 0 Å². The minimum atomic E-state index is -0.556. The Morgan fingerprint density at radius 3 is 1.50 bits per heavy atom. The van der Waals surface area contributed by atoms with Crippen LogP contribution in [0.3, 0.4) is 0 Å². The average Bonchev–Trinajstić information content (AvgIpc) is 3.69. The molecule has 2 heterocycles. The van der Waals surface area contributed by atoms with Crippen LogP contribution in [0, 0.1) is 5.92 Å². The van der Waals surface area contributed by atoms with E-state index in [-0.39, 0.29) is 11.5 Å². The predicted octanol–water partition coefficient (Wildman–Crippen LogP) is 18.3. The number of rotatable bonds is 8. The number of hydrogen-bond donors (Lipinski definition) is 0. The largest absolute Gasteiger partial charge is 0.334 e. The highest BCUT2D eigenvalue weighted by Crippen LogP contribution is 2.58. The second kappa shape index (κ2) is 18.4. The third kappa shape index (κ3) is 7.37. The van der Waals surface area contributed by atoms with Crippen molar-refractivity contribution in [3.8, 4) is 22.3 Å². The summed E-state index contributed by atoms with van der Waals surface area (Å²) in [7, 11) is 0. The second-order valence-electron chi connectivity index (χ2n) is 21.5. The van der Waals surface area contributed by atoms with Crippen molar-refractivity contribution < 1.29 is 0 Å². The lowest BCUT2D eigenvalue weighted by Gasteiger charge is -2.37. The molecule has 0 fully saturated rings. The summed E-state index contributed by atoms with van der Waals surface area (Å²) < 4.78 is 0. The summed E-state index contributed by atoms with van der Waals surface area (Å²) in [6, 6.07) is 78.4. The molecule has 2 nitrogen and oxygen atoms in total. The highest BCUT2D eigenvalue weighted by atomic mass is 15.2. The van der Waals surface area contributed by atoms with Gasteiger partial charge in [0.1, 0.15) is 0 Å². The van der Waals surface area contributed by atoms with Crippen molar-refractivity contribution in [3.05, 3.63) is 292 Å². The zero-order valence-corrected chi connectivity index (χ0v) is 43.0. The Morgan fingerprint density at radius 2 is 0.905 bits per heavy atom. The zero-order chi connectivity index (χ0) is 50.0. The third-order valence-corrected chi connectivity index (χ3v) is 17.0. The maximum atomic E-state index is 2.63. The number of allylic oxidation sites excluding steroid dienone is 3. The Hall–Kier alpha value is -8.20. The standard InChI is InChI=1S/C72H62N2/c1-5-6-9-27-67-49(2)31-36-52-20-14-17-28-68(52)73(67)58-40-44-62-61-42-35-51(46-65(61)72(66(62)48-58,55-23-10-7-11-24-55)56-25-12-8-13-26-56)33-32-50-34-41-59-60-43-39-57(47-64(60)71(3,4)63(59)45-50)74-69-29-18-15-21-53(69)37-38-54-22-16-19-30-70(54)74/h5-30,32-35,39-49,67H,31,36-38H2,1-4H3. The molecule has 9 aromatic carbocycles. The van der Waals surface area contributed by atoms with Gasteiger partial charge < -0.3 is 9.80 Å². The van der Waals surface area contributed by atoms with Crippen molar-refractivity contribution in [1.29, 1.82) is 0 Å². The summed E-state index contributed by atoms with van der Waals surface area (Å²) in [5.41, 5.74) is 25.3. The lowest BCUT2D eigenvalue weighted by molar-refractivity contribution is 0.487. The van der Waals surface area contributed by atoms with E-state index in [0.29, 0.717) is 5.92 Å². The predicted molar refractivity (Wildman–Crippen MR) is 313 cm³/mol. The van der Waals surface area contributed by atoms with Gasteiger partial charge in [0.25, 0.3) is 0 Å². The van der Waals surface area contributed by atoms with Crippen LogP contribution in [0.25, 0.3) is 34.4 Å². The molecule has 13 rings (SSSR count). The Kier molecular flexibility index (Phi) is 11.3. The lowest BCUT2D eigenvalue weighted by Crippen LogP contribution is -2.34. The quantitative estimate of drug-likeness (QED) is 0.111. The summed E-state index contributed by atoms with van der Waals surface area (Å²) >= 11 is 0. The van der Waals surface area contributed by atoms with E-state index >= 15 is 0 Å². The Morgan fingerprint density at radius 1 is 0.446 bits per heavy atom. The van der Waals surface area contributed by atoms with E-state index in [9.17, 15) is 0 Å². The van der Waals surface area contributed by atoms with Crippen LogP contribution in [0.1, 0.15) is 95.3 Å². The van der Waals surface area contributed by atoms with Gasteiger partial charge in [-0.1, -0.05) is 215 Å². The second-order valence-corrected chi connectivity index (χ2v) is 21.5. The highest BCUT2D eigenvalue weighted by Gasteiger charge is 2.47. The van der Waals surface area contributed by atoms with Gasteiger partial charge in [-0.2, -0.15) is 0 Å². The molecule has 0 aromatic heterocycles. The molecule has 360 valence electrons. The molecule has 0 saturated heterocycles. The molecule has 0 N–H and O–H groups in total. The summed E-state index contributed by atoms with van der Waals surface area (Å²) in [6.45, 7) is 9.33. The van der Waals surface area contributed by atoms with Crippen LogP contribution in [0.15, 0.2) is 231 Å². The monoisotopic (exact) mass is 954 g/mol. The number of aryl methyl sites for hydroxylation is 3. The van der Waals surface area contributed by atoms with Crippen molar-refractivity contribution in [2.24, 2.45) is 5.92 Å². The molecular weight excluding hydrogens is 893 g/mol. The SMILES string of the molecule is CC=CC=CC1C(C)CCc2ccccc2N1c1ccc2c(c1)C(c1ccccc1)(c1ccccc1)c1cc(C=Cc3ccc4c(c3)C(C)(C)c3cc(N5c6ccccc6CCc6ccccc65)ccc3-4)ccc1-2. The summed E-state index contributed by atoms with van der Waals surface area (Å²) in [4.78, 5) is 5.13. The Labute approximate surface area is 438 Å². The summed E-state index contributed by atoms with van der Waals surface area (Å²) in [5, 5.41) is 0. The third-order valence-electron chi connectivity index (χ3n) is 17.0. The van der Waals surface area contributed by atoms with Gasteiger partial charge in [-0.25, -0.2) is 0 Å². The van der Waals surface area contributed by atoms with Gasteiger partial charge in [-0.15, -0.1) is 0 Å². The fourth-order valence-corrected chi connectivity index (χ4v) is 13.3. The van der Waals surface area contributed by atoms with Crippen LogP contribution in [0.2, 0.25) is 0 Å². The van der Waals surface area contributed by atoms with Gasteiger partial charge in [0.15, 0.2) is 0 Å². The number of nitrogens with zero attached hydrogens (tertiary/aromatic N) is 2. The first-order valence-corrected chi connectivity index (χ1v) is 26.8. The molecule has 74 heavy (non-hydrogen) atoms. The van der Waals surface area contributed by atoms with Gasteiger partial charge in [0.05, 0.1) is 11.5 Å². The van der Waals surface area contributed by atoms with E-state index in [1.807, 2.05) is 0 Å². The lowest BCUT2D eigenvalue weighted by atomic mass is 9.67. The van der Waals surface area contributed by atoms with Gasteiger partial charge in [0.2, 0.25) is 0 Å². The summed E-state index contributed by atoms with van der Waals surface area (Å²) in [6.07, 6.45) is 17.9. The molecule has 4 aliphatic rings. The molecule has 2 atom stereocenters. The molecule has 0 amide bonds. The van der Waals surface area contributed by atoms with Crippen molar-refractivity contribution in [2.75, 3.05) is 9.80 Å². The van der Waals surface area contributed by atoms with E-state index < -0.39 is 5.41 Å². The molecule has 0 spiro atoms. The van der Waals surface area contributed by atoms with Crippen LogP contribution in [-0.4, -0.2) is 6.04 Å². The first-order valence-electron chi connectivity index (χ1n) is 26.8. The molecular formula is C72H62N2. The van der Waals surface area contributed by atoms with Crippen molar-refractivity contribution in [3.63, 3.8) is 0 Å². The highest BCUT2D eigenvalue weighted by molar-refractivity contribution is 5.91. The number of para-hydroxylation sites is 3. The fraction of sp³-hybridized carbons (Fsp3) is 0.167. The molecule has 0 saturated carbocycles. The van der Waals surface area contributed by atoms with Crippen LogP contribution in [-0.2, 0) is 30.1 Å². The van der Waals surface area contributed by atoms with E-state index in [1.54, 1.807) is 0 Å². The number of fused-ring (bicyclic) bond motifs is 9. The number of anilines is 5. The maximum absolute atomic E-state index is 2.63. The first-order chi connectivity index (χ1) is 36.3. The molecule has 2 aliphatic carbocycles. The molecule has 2 unspecified atom stereocenters. The maximum Gasteiger partial charge on any atom is 0.0714 e. The van der Waals surface area contributed by atoms with Gasteiger partial charge in [-0.05, 0) is 171 Å². The van der Waals surface area contributed by atoms with Gasteiger partial charge in [-0.3, -0.25) is 0 Å². The molecule has 2 aliphatic heterocycles. The van der Waals surface area contributed by atoms with Crippen LogP contribution < -0.4 is 9.80 Å². The zero-order valence-electron chi connectivity index (χ0n) is 43.0. The molecule has 0 radical (unpaired) electrons. The first kappa shape index (κ1) is 45.6. The fourth-order valence-electron chi connectivity index (χ4n) is 13.3. The summed E-state index contributed by atoms with van der Waals surface area (Å²) in [5.74, 6) is 0.447. The Balaban J connectivity index is 0.895. The van der Waals surface area contributed by atoms with Crippen molar-refractivity contribution in [2.45, 2.75) is 70.3 Å². The van der Waals surface area contributed by atoms with Crippen LogP contribution in [0.5, 0.6) is 0 Å². The average molecular weight is 955 g/mol. The van der Waals surface area contributed by atoms with E-state index in [0.717, 1.165) is 25.7 Å². The van der Waals surface area contributed by atoms with Gasteiger partial charge in [0, 0.05) is 33.9 Å². The Bertz CT molecular complexity index is 3620.